The van der Waals surface area contributed by atoms with Crippen LogP contribution in [0, 0.1) is 22.7 Å². The Bertz CT molecular complexity index is 335. The highest BCUT2D eigenvalue weighted by Gasteiger charge is 2.63. The molecule has 0 atom stereocenters. The molecule has 0 radical (unpaired) electrons. The number of hydrogen-bond acceptors (Lipinski definition) is 2. The molecule has 1 saturated heterocycles. The third kappa shape index (κ3) is 1.54. The molecular weight excluding hydrogens is 208 g/mol. The molecule has 1 heterocycles. The SMILES string of the molecule is CC(C)C1(C(C)C)CC2(C1)CS(=O)(=O)C2. The fourth-order valence-electron chi connectivity index (χ4n) is 3.92. The summed E-state index contributed by atoms with van der Waals surface area (Å²) in [6.45, 7) is 9.11. The van der Waals surface area contributed by atoms with Gasteiger partial charge in [0.05, 0.1) is 11.5 Å². The Hall–Kier alpha value is -0.0500. The van der Waals surface area contributed by atoms with Crippen LogP contribution in [0.1, 0.15) is 40.5 Å². The molecule has 1 aliphatic carbocycles. The summed E-state index contributed by atoms with van der Waals surface area (Å²) in [4.78, 5) is 0. The lowest BCUT2D eigenvalue weighted by Crippen LogP contribution is -2.63. The molecule has 1 spiro atoms. The van der Waals surface area contributed by atoms with Gasteiger partial charge in [0.1, 0.15) is 0 Å². The van der Waals surface area contributed by atoms with Crippen molar-refractivity contribution in [3.63, 3.8) is 0 Å². The lowest BCUT2D eigenvalue weighted by atomic mass is 9.46. The van der Waals surface area contributed by atoms with Crippen molar-refractivity contribution in [2.24, 2.45) is 22.7 Å². The summed E-state index contributed by atoms with van der Waals surface area (Å²) in [7, 11) is -2.65. The summed E-state index contributed by atoms with van der Waals surface area (Å²) < 4.78 is 22.5. The van der Waals surface area contributed by atoms with Gasteiger partial charge in [-0.25, -0.2) is 8.42 Å². The van der Waals surface area contributed by atoms with Gasteiger partial charge >= 0.3 is 0 Å². The predicted octanol–water partition coefficient (Wildman–Crippen LogP) is 2.49. The van der Waals surface area contributed by atoms with E-state index in [1.807, 2.05) is 0 Å². The van der Waals surface area contributed by atoms with Gasteiger partial charge < -0.3 is 0 Å². The van der Waals surface area contributed by atoms with E-state index in [0.717, 1.165) is 12.8 Å². The Kier molecular flexibility index (Phi) is 2.28. The second kappa shape index (κ2) is 2.99. The van der Waals surface area contributed by atoms with Crippen LogP contribution in [-0.4, -0.2) is 19.9 Å². The molecule has 2 rings (SSSR count). The van der Waals surface area contributed by atoms with Gasteiger partial charge in [-0.05, 0) is 35.5 Å². The van der Waals surface area contributed by atoms with Crippen LogP contribution in [0.2, 0.25) is 0 Å². The van der Waals surface area contributed by atoms with Crippen LogP contribution in [0.15, 0.2) is 0 Å². The molecule has 3 heteroatoms. The van der Waals surface area contributed by atoms with Gasteiger partial charge in [0.25, 0.3) is 0 Å². The highest BCUT2D eigenvalue weighted by atomic mass is 32.2. The van der Waals surface area contributed by atoms with Crippen molar-refractivity contribution in [1.29, 1.82) is 0 Å². The molecule has 2 fully saturated rings. The molecule has 1 aliphatic heterocycles. The average molecular weight is 230 g/mol. The first-order valence-corrected chi connectivity index (χ1v) is 7.74. The van der Waals surface area contributed by atoms with Crippen LogP contribution < -0.4 is 0 Å². The number of sulfone groups is 1. The Morgan fingerprint density at radius 1 is 0.933 bits per heavy atom. The summed E-state index contributed by atoms with van der Waals surface area (Å²) in [5, 5.41) is 0. The van der Waals surface area contributed by atoms with Crippen LogP contribution in [0.25, 0.3) is 0 Å². The summed E-state index contributed by atoms with van der Waals surface area (Å²) in [5.41, 5.74) is 0.601. The van der Waals surface area contributed by atoms with Crippen molar-refractivity contribution in [3.05, 3.63) is 0 Å². The second-order valence-electron chi connectivity index (χ2n) is 6.43. The van der Waals surface area contributed by atoms with E-state index in [9.17, 15) is 8.42 Å². The molecule has 0 N–H and O–H groups in total. The molecule has 0 amide bonds. The van der Waals surface area contributed by atoms with Crippen LogP contribution in [0.3, 0.4) is 0 Å². The highest BCUT2D eigenvalue weighted by molar-refractivity contribution is 7.92. The quantitative estimate of drug-likeness (QED) is 0.730. The van der Waals surface area contributed by atoms with Crippen molar-refractivity contribution in [1.82, 2.24) is 0 Å². The lowest BCUT2D eigenvalue weighted by molar-refractivity contribution is -0.0910. The van der Waals surface area contributed by atoms with E-state index in [1.54, 1.807) is 0 Å². The van der Waals surface area contributed by atoms with Crippen LogP contribution in [0.5, 0.6) is 0 Å². The number of hydrogen-bond donors (Lipinski definition) is 0. The van der Waals surface area contributed by atoms with Gasteiger partial charge in [0, 0.05) is 0 Å². The topological polar surface area (TPSA) is 34.1 Å². The summed E-state index contributed by atoms with van der Waals surface area (Å²) in [5.74, 6) is 2.26. The zero-order valence-electron chi connectivity index (χ0n) is 10.2. The van der Waals surface area contributed by atoms with Crippen LogP contribution >= 0.6 is 0 Å². The van der Waals surface area contributed by atoms with E-state index in [2.05, 4.69) is 27.7 Å². The molecule has 88 valence electrons. The third-order valence-electron chi connectivity index (χ3n) is 4.76. The Balaban J connectivity index is 2.08. The zero-order chi connectivity index (χ0) is 11.5. The van der Waals surface area contributed by atoms with Crippen molar-refractivity contribution in [3.8, 4) is 0 Å². The van der Waals surface area contributed by atoms with E-state index in [0.29, 0.717) is 28.8 Å². The molecule has 0 aromatic rings. The third-order valence-corrected chi connectivity index (χ3v) is 6.86. The molecule has 0 bridgehead atoms. The maximum Gasteiger partial charge on any atom is 0.151 e. The summed E-state index contributed by atoms with van der Waals surface area (Å²) >= 11 is 0. The van der Waals surface area contributed by atoms with Gasteiger partial charge in [-0.3, -0.25) is 0 Å². The minimum atomic E-state index is -2.65. The average Bonchev–Trinajstić information content (AvgIpc) is 1.92. The normalized spacial score (nSPS) is 30.3. The molecule has 2 aliphatic rings. The molecule has 2 nitrogen and oxygen atoms in total. The minimum absolute atomic E-state index is 0.188. The smallest absolute Gasteiger partial charge is 0.151 e. The van der Waals surface area contributed by atoms with Gasteiger partial charge in [0.2, 0.25) is 0 Å². The zero-order valence-corrected chi connectivity index (χ0v) is 11.0. The highest BCUT2D eigenvalue weighted by Crippen LogP contribution is 2.65. The van der Waals surface area contributed by atoms with E-state index in [1.165, 1.54) is 0 Å². The predicted molar refractivity (Wildman–Crippen MR) is 62.4 cm³/mol. The molecule has 0 unspecified atom stereocenters. The maximum absolute atomic E-state index is 11.2. The number of rotatable bonds is 2. The van der Waals surface area contributed by atoms with Crippen LogP contribution in [-0.2, 0) is 9.84 Å². The Morgan fingerprint density at radius 3 is 1.60 bits per heavy atom. The summed E-state index contributed by atoms with van der Waals surface area (Å²) in [6, 6.07) is 0. The fourth-order valence-corrected chi connectivity index (χ4v) is 6.11. The van der Waals surface area contributed by atoms with Crippen molar-refractivity contribution >= 4 is 9.84 Å². The molecule has 0 aromatic heterocycles. The Labute approximate surface area is 93.4 Å². The molecule has 1 saturated carbocycles. The second-order valence-corrected chi connectivity index (χ2v) is 8.49. The molecule has 0 aromatic carbocycles. The van der Waals surface area contributed by atoms with Gasteiger partial charge in [-0.2, -0.15) is 0 Å². The minimum Gasteiger partial charge on any atom is -0.229 e. The Morgan fingerprint density at radius 2 is 1.33 bits per heavy atom. The van der Waals surface area contributed by atoms with Gasteiger partial charge in [-0.1, -0.05) is 27.7 Å². The van der Waals surface area contributed by atoms with Gasteiger partial charge in [-0.15, -0.1) is 0 Å². The molecule has 15 heavy (non-hydrogen) atoms. The van der Waals surface area contributed by atoms with Crippen LogP contribution in [0.4, 0.5) is 0 Å². The monoisotopic (exact) mass is 230 g/mol. The maximum atomic E-state index is 11.2. The van der Waals surface area contributed by atoms with Crippen molar-refractivity contribution < 1.29 is 8.42 Å². The van der Waals surface area contributed by atoms with E-state index >= 15 is 0 Å². The standard InChI is InChI=1S/C12H22O2S/c1-9(2)12(10(3)4)5-11(6-12)7-15(13,14)8-11/h9-10H,5-8H2,1-4H3. The van der Waals surface area contributed by atoms with Crippen molar-refractivity contribution in [2.45, 2.75) is 40.5 Å². The molecular formula is C12H22O2S. The largest absolute Gasteiger partial charge is 0.229 e. The van der Waals surface area contributed by atoms with Crippen molar-refractivity contribution in [2.75, 3.05) is 11.5 Å². The lowest BCUT2D eigenvalue weighted by Gasteiger charge is -2.64. The van der Waals surface area contributed by atoms with Gasteiger partial charge in [0.15, 0.2) is 9.84 Å². The first-order valence-electron chi connectivity index (χ1n) is 5.92. The summed E-state index contributed by atoms with van der Waals surface area (Å²) in [6.07, 6.45) is 2.27. The fraction of sp³-hybridized carbons (Fsp3) is 1.00. The van der Waals surface area contributed by atoms with E-state index in [-0.39, 0.29) is 5.41 Å². The van der Waals surface area contributed by atoms with E-state index < -0.39 is 9.84 Å². The first-order chi connectivity index (χ1) is 6.72. The van der Waals surface area contributed by atoms with E-state index in [4.69, 9.17) is 0 Å². The first kappa shape index (κ1) is 11.4.